The fourth-order valence-electron chi connectivity index (χ4n) is 3.03. The zero-order valence-electron chi connectivity index (χ0n) is 15.0. The van der Waals surface area contributed by atoms with Crippen LogP contribution in [-0.2, 0) is 17.6 Å². The Kier molecular flexibility index (Phi) is 5.84. The molecule has 0 fully saturated rings. The van der Waals surface area contributed by atoms with Gasteiger partial charge in [-0.1, -0.05) is 36.4 Å². The number of amides is 1. The second kappa shape index (κ2) is 8.48. The number of hydrogen-bond acceptors (Lipinski definition) is 2. The molecular weight excluding hydrogens is 324 g/mol. The van der Waals surface area contributed by atoms with Crippen molar-refractivity contribution in [2.24, 2.45) is 0 Å². The lowest BCUT2D eigenvalue weighted by atomic mass is 10.1. The molecule has 134 valence electrons. The van der Waals surface area contributed by atoms with Crippen molar-refractivity contribution in [1.29, 1.82) is 0 Å². The van der Waals surface area contributed by atoms with Crippen molar-refractivity contribution in [3.8, 4) is 0 Å². The first-order chi connectivity index (χ1) is 12.6. The third-order valence-corrected chi connectivity index (χ3v) is 4.54. The van der Waals surface area contributed by atoms with Crippen LogP contribution in [0.1, 0.15) is 29.5 Å². The molecule has 1 heterocycles. The third kappa shape index (κ3) is 4.82. The van der Waals surface area contributed by atoms with Crippen molar-refractivity contribution in [3.63, 3.8) is 0 Å². The number of H-pyrrole nitrogens is 1. The average Bonchev–Trinajstić information content (AvgIpc) is 2.65. The minimum Gasteiger partial charge on any atom is -0.356 e. The molecule has 0 spiro atoms. The minimum absolute atomic E-state index is 0.0554. The molecule has 0 bridgehead atoms. The molecule has 0 aliphatic rings. The van der Waals surface area contributed by atoms with Gasteiger partial charge in [0.1, 0.15) is 0 Å². The van der Waals surface area contributed by atoms with Gasteiger partial charge in [0.25, 0.3) is 5.56 Å². The number of hydrogen-bond donors (Lipinski definition) is 2. The van der Waals surface area contributed by atoms with E-state index in [9.17, 15) is 9.59 Å². The number of fused-ring (bicyclic) bond motifs is 1. The van der Waals surface area contributed by atoms with E-state index in [1.807, 2.05) is 42.5 Å². The van der Waals surface area contributed by atoms with Crippen molar-refractivity contribution in [3.05, 3.63) is 81.6 Å². The Balaban J connectivity index is 1.46. The molecule has 0 saturated carbocycles. The topological polar surface area (TPSA) is 62.0 Å². The van der Waals surface area contributed by atoms with Crippen LogP contribution in [-0.4, -0.2) is 17.4 Å². The van der Waals surface area contributed by atoms with Gasteiger partial charge in [0.2, 0.25) is 5.91 Å². The molecular formula is C22H24N2O2. The van der Waals surface area contributed by atoms with Gasteiger partial charge in [-0.15, -0.1) is 0 Å². The predicted octanol–water partition coefficient (Wildman–Crippen LogP) is 3.52. The number of benzene rings is 2. The summed E-state index contributed by atoms with van der Waals surface area (Å²) in [5, 5.41) is 3.99. The van der Waals surface area contributed by atoms with Crippen LogP contribution in [0.15, 0.2) is 59.4 Å². The van der Waals surface area contributed by atoms with Gasteiger partial charge in [-0.05, 0) is 60.9 Å². The van der Waals surface area contributed by atoms with Gasteiger partial charge in [-0.2, -0.15) is 0 Å². The molecule has 0 atom stereocenters. The molecule has 2 N–H and O–H groups in total. The molecule has 3 aromatic rings. The highest BCUT2D eigenvalue weighted by atomic mass is 16.1. The normalized spacial score (nSPS) is 10.8. The van der Waals surface area contributed by atoms with E-state index in [1.165, 1.54) is 5.56 Å². The van der Waals surface area contributed by atoms with Crippen LogP contribution < -0.4 is 10.9 Å². The smallest absolute Gasteiger partial charge is 0.251 e. The fourth-order valence-corrected chi connectivity index (χ4v) is 3.03. The van der Waals surface area contributed by atoms with Gasteiger partial charge >= 0.3 is 0 Å². The summed E-state index contributed by atoms with van der Waals surface area (Å²) in [5.74, 6) is 0.0795. The average molecular weight is 348 g/mol. The SMILES string of the molecule is Cc1cc2cc(CCC(=O)NCCCc3ccccc3)ccc2[nH]c1=O. The number of aryl methyl sites for hydroxylation is 3. The fraction of sp³-hybridized carbons (Fsp3) is 0.273. The summed E-state index contributed by atoms with van der Waals surface area (Å²) in [6, 6.07) is 18.1. The van der Waals surface area contributed by atoms with Crippen LogP contribution in [0.25, 0.3) is 10.9 Å². The molecule has 0 saturated heterocycles. The highest BCUT2D eigenvalue weighted by molar-refractivity contribution is 5.80. The molecule has 26 heavy (non-hydrogen) atoms. The highest BCUT2D eigenvalue weighted by Gasteiger charge is 2.04. The maximum atomic E-state index is 12.0. The zero-order valence-corrected chi connectivity index (χ0v) is 15.0. The lowest BCUT2D eigenvalue weighted by molar-refractivity contribution is -0.121. The molecule has 4 heteroatoms. The zero-order chi connectivity index (χ0) is 18.4. The van der Waals surface area contributed by atoms with Crippen LogP contribution in [0.5, 0.6) is 0 Å². The quantitative estimate of drug-likeness (QED) is 0.642. The number of carbonyl (C=O) groups is 1. The van der Waals surface area contributed by atoms with Gasteiger partial charge in [-0.25, -0.2) is 0 Å². The number of aromatic amines is 1. The Hall–Kier alpha value is -2.88. The first-order valence-electron chi connectivity index (χ1n) is 9.05. The molecule has 2 aromatic carbocycles. The van der Waals surface area contributed by atoms with Crippen LogP contribution >= 0.6 is 0 Å². The van der Waals surface area contributed by atoms with E-state index >= 15 is 0 Å². The number of pyridine rings is 1. The number of aromatic nitrogens is 1. The van der Waals surface area contributed by atoms with Crippen molar-refractivity contribution < 1.29 is 4.79 Å². The molecule has 4 nitrogen and oxygen atoms in total. The van der Waals surface area contributed by atoms with E-state index in [0.29, 0.717) is 24.9 Å². The lowest BCUT2D eigenvalue weighted by Crippen LogP contribution is -2.24. The van der Waals surface area contributed by atoms with Gasteiger partial charge in [-0.3, -0.25) is 9.59 Å². The van der Waals surface area contributed by atoms with E-state index in [2.05, 4.69) is 22.4 Å². The molecule has 1 aromatic heterocycles. The summed E-state index contributed by atoms with van der Waals surface area (Å²) >= 11 is 0. The first-order valence-corrected chi connectivity index (χ1v) is 9.05. The predicted molar refractivity (Wildman–Crippen MR) is 105 cm³/mol. The Labute approximate surface area is 153 Å². The van der Waals surface area contributed by atoms with Crippen molar-refractivity contribution in [2.75, 3.05) is 6.54 Å². The second-order valence-electron chi connectivity index (χ2n) is 6.64. The highest BCUT2D eigenvalue weighted by Crippen LogP contribution is 2.15. The van der Waals surface area contributed by atoms with Crippen LogP contribution in [0.3, 0.4) is 0 Å². The molecule has 0 aliphatic heterocycles. The van der Waals surface area contributed by atoms with E-state index in [0.717, 1.165) is 29.3 Å². The monoisotopic (exact) mass is 348 g/mol. The lowest BCUT2D eigenvalue weighted by Gasteiger charge is -2.07. The summed E-state index contributed by atoms with van der Waals surface area (Å²) in [4.78, 5) is 26.5. The molecule has 3 rings (SSSR count). The van der Waals surface area contributed by atoms with Gasteiger partial charge in [0, 0.05) is 24.0 Å². The maximum absolute atomic E-state index is 12.0. The van der Waals surface area contributed by atoms with Crippen LogP contribution in [0, 0.1) is 6.92 Å². The summed E-state index contributed by atoms with van der Waals surface area (Å²) in [7, 11) is 0. The maximum Gasteiger partial charge on any atom is 0.251 e. The Morgan fingerprint density at radius 2 is 1.81 bits per heavy atom. The van der Waals surface area contributed by atoms with Crippen molar-refractivity contribution in [1.82, 2.24) is 10.3 Å². The Bertz CT molecular complexity index is 945. The van der Waals surface area contributed by atoms with E-state index < -0.39 is 0 Å². The summed E-state index contributed by atoms with van der Waals surface area (Å²) in [6.45, 7) is 2.50. The minimum atomic E-state index is -0.0554. The summed E-state index contributed by atoms with van der Waals surface area (Å²) in [6.07, 6.45) is 3.08. The first kappa shape index (κ1) is 17.9. The Morgan fingerprint density at radius 3 is 2.62 bits per heavy atom. The van der Waals surface area contributed by atoms with Crippen molar-refractivity contribution >= 4 is 16.8 Å². The second-order valence-corrected chi connectivity index (χ2v) is 6.64. The molecule has 0 radical (unpaired) electrons. The molecule has 0 aliphatic carbocycles. The van der Waals surface area contributed by atoms with E-state index in [1.54, 1.807) is 6.92 Å². The van der Waals surface area contributed by atoms with Gasteiger partial charge in [0.05, 0.1) is 0 Å². The van der Waals surface area contributed by atoms with E-state index in [4.69, 9.17) is 0 Å². The number of nitrogens with one attached hydrogen (secondary N) is 2. The van der Waals surface area contributed by atoms with Gasteiger partial charge < -0.3 is 10.3 Å². The van der Waals surface area contributed by atoms with Gasteiger partial charge in [0.15, 0.2) is 0 Å². The standard InChI is InChI=1S/C22H24N2O2/c1-16-14-19-15-18(9-11-20(19)24-22(16)26)10-12-21(25)23-13-5-8-17-6-3-2-4-7-17/h2-4,6-7,9,11,14-15H,5,8,10,12-13H2,1H3,(H,23,25)(H,24,26). The molecule has 1 amide bonds. The third-order valence-electron chi connectivity index (χ3n) is 4.54. The van der Waals surface area contributed by atoms with Crippen LogP contribution in [0.4, 0.5) is 0 Å². The largest absolute Gasteiger partial charge is 0.356 e. The Morgan fingerprint density at radius 1 is 1.00 bits per heavy atom. The van der Waals surface area contributed by atoms with Crippen molar-refractivity contribution in [2.45, 2.75) is 32.6 Å². The number of carbonyl (C=O) groups excluding carboxylic acids is 1. The number of rotatable bonds is 7. The summed E-state index contributed by atoms with van der Waals surface area (Å²) in [5.41, 5.74) is 3.87. The van der Waals surface area contributed by atoms with E-state index in [-0.39, 0.29) is 11.5 Å². The summed E-state index contributed by atoms with van der Waals surface area (Å²) < 4.78 is 0. The molecule has 0 unspecified atom stereocenters. The van der Waals surface area contributed by atoms with Crippen LogP contribution in [0.2, 0.25) is 0 Å².